The van der Waals surface area contributed by atoms with Crippen molar-refractivity contribution in [3.63, 3.8) is 0 Å². The Balaban J connectivity index is 2.44. The SMILES string of the molecule is CN(c1ccccc1P(C)(C)=O)C1N=C(Cl)NC=C1Cl. The van der Waals surface area contributed by atoms with Gasteiger partial charge < -0.3 is 14.8 Å². The number of hydrogen-bond acceptors (Lipinski definition) is 4. The highest BCUT2D eigenvalue weighted by Gasteiger charge is 2.25. The predicted molar refractivity (Wildman–Crippen MR) is 88.1 cm³/mol. The molecular formula is C13H16Cl2N3OP. The molecule has 1 aliphatic rings. The molecule has 4 nitrogen and oxygen atoms in total. The molecule has 108 valence electrons. The monoisotopic (exact) mass is 331 g/mol. The summed E-state index contributed by atoms with van der Waals surface area (Å²) in [5.74, 6) is 0. The maximum absolute atomic E-state index is 12.4. The fourth-order valence-electron chi connectivity index (χ4n) is 2.03. The average Bonchev–Trinajstić information content (AvgIpc) is 2.40. The second-order valence-electron chi connectivity index (χ2n) is 4.92. The van der Waals surface area contributed by atoms with E-state index in [1.54, 1.807) is 19.5 Å². The molecule has 0 fully saturated rings. The molecule has 1 N–H and O–H groups in total. The van der Waals surface area contributed by atoms with Crippen molar-refractivity contribution in [3.8, 4) is 0 Å². The lowest BCUT2D eigenvalue weighted by Crippen LogP contribution is -2.37. The van der Waals surface area contributed by atoms with E-state index in [0.717, 1.165) is 11.0 Å². The molecule has 0 bridgehead atoms. The minimum absolute atomic E-state index is 0.278. The normalized spacial score (nSPS) is 18.9. The molecule has 1 heterocycles. The van der Waals surface area contributed by atoms with Gasteiger partial charge in [-0.3, -0.25) is 0 Å². The van der Waals surface area contributed by atoms with Crippen LogP contribution in [0.25, 0.3) is 0 Å². The number of halogens is 2. The molecule has 0 aliphatic carbocycles. The minimum atomic E-state index is -2.40. The smallest absolute Gasteiger partial charge is 0.197 e. The summed E-state index contributed by atoms with van der Waals surface area (Å²) in [7, 11) is -0.541. The lowest BCUT2D eigenvalue weighted by atomic mass is 10.2. The summed E-state index contributed by atoms with van der Waals surface area (Å²) in [6.45, 7) is 3.49. The molecule has 7 heteroatoms. The summed E-state index contributed by atoms with van der Waals surface area (Å²) in [5, 5.41) is 4.36. The van der Waals surface area contributed by atoms with Gasteiger partial charge in [-0.05, 0) is 37.1 Å². The van der Waals surface area contributed by atoms with Gasteiger partial charge in [0.25, 0.3) is 0 Å². The van der Waals surface area contributed by atoms with Crippen LogP contribution < -0.4 is 15.5 Å². The van der Waals surface area contributed by atoms with Crippen molar-refractivity contribution in [1.82, 2.24) is 5.32 Å². The first kappa shape index (κ1) is 15.4. The van der Waals surface area contributed by atoms with Crippen LogP contribution in [-0.2, 0) is 4.57 Å². The number of benzene rings is 1. The van der Waals surface area contributed by atoms with Crippen LogP contribution in [-0.4, -0.2) is 31.8 Å². The summed E-state index contributed by atoms with van der Waals surface area (Å²) in [4.78, 5) is 6.14. The molecule has 1 unspecified atom stereocenters. The zero-order valence-corrected chi connectivity index (χ0v) is 13.9. The standard InChI is InChI=1S/C13H16Cl2N3OP/c1-18(12-9(14)8-16-13(15)17-12)10-6-4-5-7-11(10)20(2,3)19/h4-8,12H,1-3H3,(H,16,17). The Bertz CT molecular complexity index is 624. The first-order valence-electron chi connectivity index (χ1n) is 6.03. The second kappa shape index (κ2) is 5.80. The highest BCUT2D eigenvalue weighted by molar-refractivity contribution is 7.70. The fraction of sp³-hybridized carbons (Fsp3) is 0.308. The number of aliphatic imine (C=N–C) groups is 1. The number of rotatable bonds is 3. The molecule has 0 radical (unpaired) electrons. The van der Waals surface area contributed by atoms with Gasteiger partial charge in [0, 0.05) is 24.2 Å². The second-order valence-corrected chi connectivity index (χ2v) is 8.90. The summed E-state index contributed by atoms with van der Waals surface area (Å²) in [6.07, 6.45) is 1.19. The zero-order chi connectivity index (χ0) is 14.9. The molecule has 1 aromatic carbocycles. The van der Waals surface area contributed by atoms with Crippen molar-refractivity contribution in [3.05, 3.63) is 35.5 Å². The van der Waals surface area contributed by atoms with Gasteiger partial charge in [0.05, 0.1) is 5.03 Å². The largest absolute Gasteiger partial charge is 0.348 e. The number of para-hydroxylation sites is 1. The van der Waals surface area contributed by atoms with Crippen LogP contribution in [0, 0.1) is 0 Å². The summed E-state index contributed by atoms with van der Waals surface area (Å²) < 4.78 is 12.4. The van der Waals surface area contributed by atoms with Gasteiger partial charge in [-0.15, -0.1) is 0 Å². The minimum Gasteiger partial charge on any atom is -0.348 e. The van der Waals surface area contributed by atoms with E-state index in [4.69, 9.17) is 23.2 Å². The summed E-state index contributed by atoms with van der Waals surface area (Å²) in [5.41, 5.74) is 0.840. The van der Waals surface area contributed by atoms with Gasteiger partial charge in [-0.1, -0.05) is 23.7 Å². The highest BCUT2D eigenvalue weighted by atomic mass is 35.5. The molecule has 20 heavy (non-hydrogen) atoms. The number of likely N-dealkylation sites (N-methyl/N-ethyl adjacent to an activating group) is 1. The average molecular weight is 332 g/mol. The third-order valence-corrected chi connectivity index (χ3v) is 5.07. The Morgan fingerprint density at radius 2 is 1.95 bits per heavy atom. The van der Waals surface area contributed by atoms with Crippen molar-refractivity contribution in [2.75, 3.05) is 25.3 Å². The van der Waals surface area contributed by atoms with E-state index < -0.39 is 13.3 Å². The molecule has 0 saturated heterocycles. The van der Waals surface area contributed by atoms with E-state index in [2.05, 4.69) is 10.3 Å². The van der Waals surface area contributed by atoms with E-state index in [1.165, 1.54) is 0 Å². The van der Waals surface area contributed by atoms with Gasteiger partial charge >= 0.3 is 0 Å². The van der Waals surface area contributed by atoms with Crippen LogP contribution in [0.2, 0.25) is 0 Å². The van der Waals surface area contributed by atoms with Crippen molar-refractivity contribution in [1.29, 1.82) is 0 Å². The third-order valence-electron chi connectivity index (χ3n) is 3.02. The Kier molecular flexibility index (Phi) is 4.48. The van der Waals surface area contributed by atoms with Crippen LogP contribution in [0.1, 0.15) is 0 Å². The summed E-state index contributed by atoms with van der Waals surface area (Å²) >= 11 is 12.1. The molecule has 2 rings (SSSR count). The van der Waals surface area contributed by atoms with E-state index in [0.29, 0.717) is 5.03 Å². The topological polar surface area (TPSA) is 44.7 Å². The van der Waals surface area contributed by atoms with Crippen molar-refractivity contribution >= 4 is 46.6 Å². The lowest BCUT2D eigenvalue weighted by Gasteiger charge is -2.31. The fourth-order valence-corrected chi connectivity index (χ4v) is 3.66. The summed E-state index contributed by atoms with van der Waals surface area (Å²) in [6, 6.07) is 7.55. The maximum atomic E-state index is 12.4. The Morgan fingerprint density at radius 1 is 1.30 bits per heavy atom. The predicted octanol–water partition coefficient (Wildman–Crippen LogP) is 2.98. The van der Waals surface area contributed by atoms with Crippen molar-refractivity contribution in [2.45, 2.75) is 6.17 Å². The van der Waals surface area contributed by atoms with Crippen LogP contribution in [0.15, 0.2) is 40.5 Å². The van der Waals surface area contributed by atoms with Crippen LogP contribution in [0.3, 0.4) is 0 Å². The molecule has 0 aromatic heterocycles. The molecule has 1 atom stereocenters. The van der Waals surface area contributed by atoms with Crippen LogP contribution >= 0.6 is 30.3 Å². The molecule has 0 spiro atoms. The molecular weight excluding hydrogens is 316 g/mol. The van der Waals surface area contributed by atoms with Crippen molar-refractivity contribution in [2.24, 2.45) is 4.99 Å². The van der Waals surface area contributed by atoms with Gasteiger partial charge in [0.2, 0.25) is 0 Å². The number of nitrogens with one attached hydrogen (secondary N) is 1. The quantitative estimate of drug-likeness (QED) is 0.684. The Morgan fingerprint density at radius 3 is 2.60 bits per heavy atom. The van der Waals surface area contributed by atoms with E-state index in [9.17, 15) is 4.57 Å². The third kappa shape index (κ3) is 3.20. The van der Waals surface area contributed by atoms with Crippen molar-refractivity contribution < 1.29 is 4.57 Å². The number of anilines is 1. The maximum Gasteiger partial charge on any atom is 0.197 e. The van der Waals surface area contributed by atoms with Crippen LogP contribution in [0.5, 0.6) is 0 Å². The molecule has 0 saturated carbocycles. The number of hydrogen-bond donors (Lipinski definition) is 1. The first-order chi connectivity index (χ1) is 9.30. The lowest BCUT2D eigenvalue weighted by molar-refractivity contribution is 0.588. The van der Waals surface area contributed by atoms with Gasteiger partial charge in [0.15, 0.2) is 11.5 Å². The first-order valence-corrected chi connectivity index (χ1v) is 9.39. The zero-order valence-electron chi connectivity index (χ0n) is 11.5. The Labute approximate surface area is 128 Å². The van der Waals surface area contributed by atoms with Gasteiger partial charge in [-0.25, -0.2) is 4.99 Å². The number of amidine groups is 1. The van der Waals surface area contributed by atoms with Crippen LogP contribution in [0.4, 0.5) is 5.69 Å². The van der Waals surface area contributed by atoms with E-state index in [-0.39, 0.29) is 5.29 Å². The Hall–Kier alpha value is -0.960. The van der Waals surface area contributed by atoms with E-state index in [1.807, 2.05) is 36.2 Å². The highest BCUT2D eigenvalue weighted by Crippen LogP contribution is 2.39. The molecule has 1 aliphatic heterocycles. The van der Waals surface area contributed by atoms with Gasteiger partial charge in [-0.2, -0.15) is 0 Å². The van der Waals surface area contributed by atoms with E-state index >= 15 is 0 Å². The number of nitrogens with zero attached hydrogens (tertiary/aromatic N) is 2. The van der Waals surface area contributed by atoms with Gasteiger partial charge in [0.1, 0.15) is 7.14 Å². The molecule has 1 aromatic rings. The molecule has 0 amide bonds.